The fraction of sp³-hybridized carbons (Fsp3) is 0.103. The maximum absolute atomic E-state index is 14.4. The van der Waals surface area contributed by atoms with E-state index in [0.29, 0.717) is 34.6 Å². The average Bonchev–Trinajstić information content (AvgIpc) is 3.44. The van der Waals surface area contributed by atoms with Gasteiger partial charge in [0.25, 0.3) is 5.91 Å². The average molecular weight is 482 g/mol. The minimum atomic E-state index is -0.616. The van der Waals surface area contributed by atoms with E-state index in [-0.39, 0.29) is 18.1 Å². The van der Waals surface area contributed by atoms with Crippen LogP contribution in [0.25, 0.3) is 16.8 Å². The number of hydrogen-bond donors (Lipinski definition) is 2. The van der Waals surface area contributed by atoms with E-state index in [2.05, 4.69) is 16.9 Å². The molecule has 1 amide bonds. The highest BCUT2D eigenvalue weighted by molar-refractivity contribution is 5.94. The predicted octanol–water partition coefficient (Wildman–Crippen LogP) is 5.41. The van der Waals surface area contributed by atoms with Crippen molar-refractivity contribution in [3.05, 3.63) is 130 Å². The summed E-state index contributed by atoms with van der Waals surface area (Å²) in [4.78, 5) is 17.1. The van der Waals surface area contributed by atoms with Crippen LogP contribution in [0.4, 0.5) is 8.78 Å². The van der Waals surface area contributed by atoms with Gasteiger partial charge in [-0.3, -0.25) is 9.78 Å². The summed E-state index contributed by atoms with van der Waals surface area (Å²) in [5.41, 5.74) is 12.9. The van der Waals surface area contributed by atoms with Crippen molar-refractivity contribution in [3.63, 3.8) is 0 Å². The number of nitrogens with two attached hydrogens (primary N) is 1. The highest BCUT2D eigenvalue weighted by Crippen LogP contribution is 2.54. The van der Waals surface area contributed by atoms with E-state index in [1.54, 1.807) is 18.3 Å². The number of nitrogens with zero attached hydrogens (tertiary/aromatic N) is 1. The van der Waals surface area contributed by atoms with Gasteiger partial charge >= 0.3 is 0 Å². The second-order valence-electron chi connectivity index (χ2n) is 8.97. The van der Waals surface area contributed by atoms with Crippen LogP contribution in [0.15, 0.2) is 79.5 Å². The Balaban J connectivity index is 1.23. The number of benzene rings is 3. The molecule has 0 spiro atoms. The van der Waals surface area contributed by atoms with Gasteiger partial charge in [0.05, 0.1) is 11.4 Å². The van der Waals surface area contributed by atoms with Crippen molar-refractivity contribution in [1.82, 2.24) is 10.3 Å². The Bertz CT molecular complexity index is 1550. The van der Waals surface area contributed by atoms with Gasteiger partial charge in [-0.15, -0.1) is 0 Å². The number of fused-ring (bicyclic) bond motifs is 8. The summed E-state index contributed by atoms with van der Waals surface area (Å²) in [5.74, 6) is -1.44. The van der Waals surface area contributed by atoms with Crippen molar-refractivity contribution >= 4 is 11.6 Å². The molecule has 1 aromatic heterocycles. The Morgan fingerprint density at radius 2 is 1.69 bits per heavy atom. The Morgan fingerprint density at radius 3 is 2.42 bits per heavy atom. The van der Waals surface area contributed by atoms with E-state index in [1.807, 2.05) is 36.4 Å². The van der Waals surface area contributed by atoms with Gasteiger partial charge in [-0.2, -0.15) is 0 Å². The Hall–Kier alpha value is -4.36. The summed E-state index contributed by atoms with van der Waals surface area (Å²) >= 11 is 0. The van der Waals surface area contributed by atoms with Gasteiger partial charge in [0, 0.05) is 29.9 Å². The highest BCUT2D eigenvalue weighted by atomic mass is 19.1. The first-order valence-electron chi connectivity index (χ1n) is 11.5. The van der Waals surface area contributed by atoms with Crippen molar-refractivity contribution in [1.29, 1.82) is 0 Å². The SMILES string of the molecule is C=C(N)c1ccc(CNC(=O)c2ccc3c(c2)[C@@H]2O[C@H]3c3ccc(-c4ccc(F)cc4F)cc32)cn1. The third kappa shape index (κ3) is 3.65. The summed E-state index contributed by atoms with van der Waals surface area (Å²) < 4.78 is 34.0. The van der Waals surface area contributed by atoms with E-state index in [4.69, 9.17) is 10.5 Å². The molecule has 4 aromatic rings. The molecule has 36 heavy (non-hydrogen) atoms. The summed E-state index contributed by atoms with van der Waals surface area (Å²) in [6.07, 6.45) is 1.07. The van der Waals surface area contributed by atoms with Gasteiger partial charge in [0.15, 0.2) is 0 Å². The van der Waals surface area contributed by atoms with E-state index in [0.717, 1.165) is 33.9 Å². The third-order valence-electron chi connectivity index (χ3n) is 6.69. The molecule has 2 bridgehead atoms. The summed E-state index contributed by atoms with van der Waals surface area (Å²) in [6.45, 7) is 3.98. The zero-order valence-corrected chi connectivity index (χ0v) is 19.1. The quantitative estimate of drug-likeness (QED) is 0.400. The second kappa shape index (κ2) is 8.39. The number of pyridine rings is 1. The van der Waals surface area contributed by atoms with Crippen LogP contribution in [0.1, 0.15) is 56.1 Å². The lowest BCUT2D eigenvalue weighted by Gasteiger charge is -2.18. The van der Waals surface area contributed by atoms with E-state index in [9.17, 15) is 13.6 Å². The first kappa shape index (κ1) is 22.1. The molecule has 2 aliphatic rings. The fourth-order valence-electron chi connectivity index (χ4n) is 4.88. The smallest absolute Gasteiger partial charge is 0.251 e. The van der Waals surface area contributed by atoms with Gasteiger partial charge in [-0.25, -0.2) is 8.78 Å². The molecule has 0 fully saturated rings. The minimum Gasteiger partial charge on any atom is -0.397 e. The van der Waals surface area contributed by atoms with Crippen molar-refractivity contribution in [2.45, 2.75) is 18.8 Å². The lowest BCUT2D eigenvalue weighted by atomic mass is 9.83. The number of aromatic nitrogens is 1. The molecule has 2 atom stereocenters. The van der Waals surface area contributed by atoms with Crippen molar-refractivity contribution in [2.75, 3.05) is 0 Å². The second-order valence-corrected chi connectivity index (χ2v) is 8.97. The molecule has 0 saturated carbocycles. The summed E-state index contributed by atoms with van der Waals surface area (Å²) in [6, 6.07) is 18.4. The van der Waals surface area contributed by atoms with Crippen LogP contribution >= 0.6 is 0 Å². The molecule has 3 N–H and O–H groups in total. The van der Waals surface area contributed by atoms with E-state index >= 15 is 0 Å². The zero-order chi connectivity index (χ0) is 25.0. The number of rotatable bonds is 5. The number of ether oxygens (including phenoxy) is 1. The molecule has 5 nitrogen and oxygen atoms in total. The molecule has 0 radical (unpaired) electrons. The standard InChI is InChI=1S/C29H21F2N3O2/c1-15(32)26-9-2-16(13-33-26)14-34-29(35)18-4-7-22-24(11-18)28-23-10-17(3-6-21(23)27(22)36-28)20-8-5-19(30)12-25(20)31/h2-13,27-28H,1,14,32H2,(H,34,35)/t27-,28+/m0/s1. The van der Waals surface area contributed by atoms with Crippen molar-refractivity contribution in [3.8, 4) is 11.1 Å². The Labute approximate surface area is 206 Å². The van der Waals surface area contributed by atoms with Gasteiger partial charge < -0.3 is 15.8 Å². The van der Waals surface area contributed by atoms with Crippen LogP contribution in [-0.2, 0) is 11.3 Å². The monoisotopic (exact) mass is 481 g/mol. The highest BCUT2D eigenvalue weighted by Gasteiger charge is 2.43. The maximum Gasteiger partial charge on any atom is 0.251 e. The van der Waals surface area contributed by atoms with Crippen LogP contribution in [0.2, 0.25) is 0 Å². The molecule has 2 aliphatic heterocycles. The third-order valence-corrected chi connectivity index (χ3v) is 6.69. The lowest BCUT2D eigenvalue weighted by Crippen LogP contribution is -2.23. The molecule has 178 valence electrons. The molecule has 0 unspecified atom stereocenters. The first-order valence-corrected chi connectivity index (χ1v) is 11.5. The number of halogens is 2. The van der Waals surface area contributed by atoms with Crippen molar-refractivity contribution < 1.29 is 18.3 Å². The number of carbonyl (C=O) groups is 1. The van der Waals surface area contributed by atoms with Crippen LogP contribution in [-0.4, -0.2) is 10.9 Å². The number of hydrogen-bond acceptors (Lipinski definition) is 4. The van der Waals surface area contributed by atoms with E-state index < -0.39 is 11.6 Å². The number of carbonyl (C=O) groups excluding carboxylic acids is 1. The normalized spacial score (nSPS) is 16.9. The molecule has 0 saturated heterocycles. The molecule has 6 rings (SSSR count). The van der Waals surface area contributed by atoms with E-state index in [1.165, 1.54) is 12.1 Å². The molecule has 0 aliphatic carbocycles. The van der Waals surface area contributed by atoms with Crippen LogP contribution in [0.5, 0.6) is 0 Å². The van der Waals surface area contributed by atoms with Gasteiger partial charge in [0.1, 0.15) is 23.8 Å². The Morgan fingerprint density at radius 1 is 0.944 bits per heavy atom. The molecule has 3 heterocycles. The van der Waals surface area contributed by atoms with Gasteiger partial charge in [0.2, 0.25) is 0 Å². The maximum atomic E-state index is 14.4. The summed E-state index contributed by atoms with van der Waals surface area (Å²) in [5, 5.41) is 2.91. The molecular formula is C29H21F2N3O2. The molecule has 7 heteroatoms. The lowest BCUT2D eigenvalue weighted by molar-refractivity contribution is 0.0857. The topological polar surface area (TPSA) is 77.2 Å². The number of nitrogens with one attached hydrogen (secondary N) is 1. The fourth-order valence-corrected chi connectivity index (χ4v) is 4.88. The van der Waals surface area contributed by atoms with Crippen LogP contribution in [0.3, 0.4) is 0 Å². The number of amides is 1. The van der Waals surface area contributed by atoms with Gasteiger partial charge in [-0.1, -0.05) is 30.8 Å². The Kier molecular flexibility index (Phi) is 5.16. The van der Waals surface area contributed by atoms with Crippen molar-refractivity contribution in [2.24, 2.45) is 5.73 Å². The summed E-state index contributed by atoms with van der Waals surface area (Å²) in [7, 11) is 0. The van der Waals surface area contributed by atoms with Crippen LogP contribution in [0, 0.1) is 11.6 Å². The predicted molar refractivity (Wildman–Crippen MR) is 132 cm³/mol. The molecular weight excluding hydrogens is 460 g/mol. The largest absolute Gasteiger partial charge is 0.397 e. The van der Waals surface area contributed by atoms with Crippen LogP contribution < -0.4 is 11.1 Å². The zero-order valence-electron chi connectivity index (χ0n) is 19.1. The molecule has 3 aromatic carbocycles. The van der Waals surface area contributed by atoms with Gasteiger partial charge in [-0.05, 0) is 69.8 Å². The minimum absolute atomic E-state index is 0.213. The first-order chi connectivity index (χ1) is 17.4.